The lowest BCUT2D eigenvalue weighted by molar-refractivity contribution is -0.136. The highest BCUT2D eigenvalue weighted by Gasteiger charge is 2.30. The first-order valence-electron chi connectivity index (χ1n) is 4.95. The van der Waals surface area contributed by atoms with Crippen LogP contribution in [-0.4, -0.2) is 30.5 Å². The van der Waals surface area contributed by atoms with Crippen molar-refractivity contribution in [1.29, 1.82) is 0 Å². The molecule has 0 radical (unpaired) electrons. The van der Waals surface area contributed by atoms with Gasteiger partial charge >= 0.3 is 5.97 Å². The van der Waals surface area contributed by atoms with Crippen molar-refractivity contribution in [3.63, 3.8) is 0 Å². The van der Waals surface area contributed by atoms with Crippen LogP contribution in [0, 0.1) is 0 Å². The van der Waals surface area contributed by atoms with E-state index in [1.165, 1.54) is 6.92 Å². The number of hydrogen-bond donors (Lipinski definition) is 1. The minimum absolute atomic E-state index is 0.0202. The number of hydrogen-bond acceptors (Lipinski definition) is 3. The zero-order chi connectivity index (χ0) is 12.2. The Hall–Kier alpha value is -1.36. The predicted octanol–water partition coefficient (Wildman–Crippen LogP) is 1.12. The van der Waals surface area contributed by atoms with Gasteiger partial charge in [0, 0.05) is 5.75 Å². The number of aliphatic carboxylic acids is 1. The van der Waals surface area contributed by atoms with E-state index in [9.17, 15) is 13.2 Å². The summed E-state index contributed by atoms with van der Waals surface area (Å²) in [6, 6.07) is 8.76. The lowest BCUT2D eigenvalue weighted by Gasteiger charge is -2.11. The molecule has 1 unspecified atom stereocenters. The number of benzene rings is 1. The molecule has 0 heterocycles. The minimum atomic E-state index is -3.56. The van der Waals surface area contributed by atoms with Crippen LogP contribution in [0.15, 0.2) is 30.3 Å². The van der Waals surface area contributed by atoms with Gasteiger partial charge < -0.3 is 5.11 Å². The van der Waals surface area contributed by atoms with E-state index >= 15 is 0 Å². The number of carboxylic acids is 1. The number of rotatable bonds is 5. The van der Waals surface area contributed by atoms with Gasteiger partial charge in [0.05, 0.1) is 0 Å². The molecule has 0 aliphatic carbocycles. The second-order valence-electron chi connectivity index (χ2n) is 3.47. The highest BCUT2D eigenvalue weighted by molar-refractivity contribution is 7.92. The highest BCUT2D eigenvalue weighted by Crippen LogP contribution is 2.11. The molecule has 0 fully saturated rings. The predicted molar refractivity (Wildman–Crippen MR) is 61.0 cm³/mol. The van der Waals surface area contributed by atoms with Gasteiger partial charge in [-0.25, -0.2) is 8.42 Å². The summed E-state index contributed by atoms with van der Waals surface area (Å²) >= 11 is 0. The average Bonchev–Trinajstić information content (AvgIpc) is 2.26. The maximum atomic E-state index is 11.6. The molecule has 0 amide bonds. The second-order valence-corrected chi connectivity index (χ2v) is 5.94. The van der Waals surface area contributed by atoms with Gasteiger partial charge in [-0.2, -0.15) is 0 Å². The molecule has 0 aromatic heterocycles. The molecule has 1 aromatic carbocycles. The summed E-state index contributed by atoms with van der Waals surface area (Å²) in [5.41, 5.74) is 0.715. The minimum Gasteiger partial charge on any atom is -0.480 e. The molecular weight excluding hydrogens is 228 g/mol. The molecule has 0 spiro atoms. The van der Waals surface area contributed by atoms with E-state index in [1.54, 1.807) is 30.3 Å². The Kier molecular flexibility index (Phi) is 4.06. The number of carboxylic acid groups (broad SMARTS) is 1. The maximum absolute atomic E-state index is 11.6. The standard InChI is InChI=1S/C11H14O4S/c1-2-16(14,15)10(11(12)13)8-9-6-4-3-5-7-9/h3-7,10H,2,8H2,1H3,(H,12,13). The van der Waals surface area contributed by atoms with E-state index in [1.807, 2.05) is 0 Å². The van der Waals surface area contributed by atoms with Crippen LogP contribution in [0.1, 0.15) is 12.5 Å². The van der Waals surface area contributed by atoms with Crippen LogP contribution in [0.2, 0.25) is 0 Å². The monoisotopic (exact) mass is 242 g/mol. The fourth-order valence-electron chi connectivity index (χ4n) is 1.40. The molecule has 0 aliphatic heterocycles. The van der Waals surface area contributed by atoms with Gasteiger partial charge in [-0.05, 0) is 12.0 Å². The molecule has 88 valence electrons. The molecule has 1 rings (SSSR count). The third-order valence-electron chi connectivity index (χ3n) is 2.38. The molecule has 16 heavy (non-hydrogen) atoms. The first kappa shape index (κ1) is 12.7. The van der Waals surface area contributed by atoms with Crippen LogP contribution < -0.4 is 0 Å². The summed E-state index contributed by atoms with van der Waals surface area (Å²) in [5.74, 6) is -1.44. The molecule has 4 nitrogen and oxygen atoms in total. The first-order chi connectivity index (χ1) is 7.47. The number of sulfone groups is 1. The summed E-state index contributed by atoms with van der Waals surface area (Å²) in [7, 11) is -3.56. The first-order valence-corrected chi connectivity index (χ1v) is 6.67. The van der Waals surface area contributed by atoms with E-state index in [0.717, 1.165) is 0 Å². The maximum Gasteiger partial charge on any atom is 0.322 e. The zero-order valence-corrected chi connectivity index (χ0v) is 9.78. The van der Waals surface area contributed by atoms with Gasteiger partial charge in [0.15, 0.2) is 15.1 Å². The van der Waals surface area contributed by atoms with E-state index in [2.05, 4.69) is 0 Å². The van der Waals surface area contributed by atoms with Crippen LogP contribution in [0.3, 0.4) is 0 Å². The third kappa shape index (κ3) is 3.06. The van der Waals surface area contributed by atoms with Crippen molar-refractivity contribution in [1.82, 2.24) is 0 Å². The van der Waals surface area contributed by atoms with Gasteiger partial charge in [-0.1, -0.05) is 37.3 Å². The summed E-state index contributed by atoms with van der Waals surface area (Å²) in [6.07, 6.45) is 0.0202. The molecule has 1 atom stereocenters. The Bertz CT molecular complexity index is 450. The molecular formula is C11H14O4S. The lowest BCUT2D eigenvalue weighted by Crippen LogP contribution is -2.33. The highest BCUT2D eigenvalue weighted by atomic mass is 32.2. The zero-order valence-electron chi connectivity index (χ0n) is 8.96. The fraction of sp³-hybridized carbons (Fsp3) is 0.364. The van der Waals surface area contributed by atoms with Crippen molar-refractivity contribution >= 4 is 15.8 Å². The van der Waals surface area contributed by atoms with Gasteiger partial charge in [0.1, 0.15) is 0 Å². The largest absolute Gasteiger partial charge is 0.480 e. The Balaban J connectivity index is 2.95. The number of carbonyl (C=O) groups is 1. The molecule has 0 aliphatic rings. The van der Waals surface area contributed by atoms with Crippen LogP contribution in [0.5, 0.6) is 0 Å². The van der Waals surface area contributed by atoms with Crippen molar-refractivity contribution in [2.45, 2.75) is 18.6 Å². The normalized spacial score (nSPS) is 13.3. The SMILES string of the molecule is CCS(=O)(=O)C(Cc1ccccc1)C(=O)O. The second kappa shape index (κ2) is 5.12. The van der Waals surface area contributed by atoms with Crippen molar-refractivity contribution < 1.29 is 18.3 Å². The molecule has 0 saturated heterocycles. The van der Waals surface area contributed by atoms with E-state index in [4.69, 9.17) is 5.11 Å². The quantitative estimate of drug-likeness (QED) is 0.839. The average molecular weight is 242 g/mol. The van der Waals surface area contributed by atoms with E-state index in [0.29, 0.717) is 5.56 Å². The molecule has 0 bridgehead atoms. The Morgan fingerprint density at radius 2 is 1.88 bits per heavy atom. The molecule has 0 saturated carbocycles. The summed E-state index contributed by atoms with van der Waals surface area (Å²) in [6.45, 7) is 1.45. The Morgan fingerprint density at radius 1 is 1.31 bits per heavy atom. The Morgan fingerprint density at radius 3 is 2.31 bits per heavy atom. The van der Waals surface area contributed by atoms with Crippen molar-refractivity contribution in [2.75, 3.05) is 5.75 Å². The van der Waals surface area contributed by atoms with E-state index < -0.39 is 21.1 Å². The fourth-order valence-corrected chi connectivity index (χ4v) is 2.55. The van der Waals surface area contributed by atoms with Gasteiger partial charge in [0.2, 0.25) is 0 Å². The summed E-state index contributed by atoms with van der Waals surface area (Å²) in [5, 5.41) is 7.57. The van der Waals surface area contributed by atoms with Crippen LogP contribution >= 0.6 is 0 Å². The van der Waals surface area contributed by atoms with Gasteiger partial charge in [-0.15, -0.1) is 0 Å². The Labute approximate surface area is 94.8 Å². The van der Waals surface area contributed by atoms with Crippen LogP contribution in [0.4, 0.5) is 0 Å². The van der Waals surface area contributed by atoms with Gasteiger partial charge in [0.25, 0.3) is 0 Å². The van der Waals surface area contributed by atoms with Gasteiger partial charge in [-0.3, -0.25) is 4.79 Å². The molecule has 5 heteroatoms. The van der Waals surface area contributed by atoms with Crippen molar-refractivity contribution in [3.8, 4) is 0 Å². The third-order valence-corrected chi connectivity index (χ3v) is 4.42. The molecule has 1 aromatic rings. The van der Waals surface area contributed by atoms with Crippen LogP contribution in [0.25, 0.3) is 0 Å². The van der Waals surface area contributed by atoms with Crippen molar-refractivity contribution in [3.05, 3.63) is 35.9 Å². The van der Waals surface area contributed by atoms with Crippen molar-refractivity contribution in [2.24, 2.45) is 0 Å². The van der Waals surface area contributed by atoms with E-state index in [-0.39, 0.29) is 12.2 Å². The lowest BCUT2D eigenvalue weighted by atomic mass is 10.1. The summed E-state index contributed by atoms with van der Waals surface area (Å²) < 4.78 is 23.1. The molecule has 1 N–H and O–H groups in total. The smallest absolute Gasteiger partial charge is 0.322 e. The topological polar surface area (TPSA) is 71.4 Å². The van der Waals surface area contributed by atoms with Crippen LogP contribution in [-0.2, 0) is 21.1 Å². The summed E-state index contributed by atoms with van der Waals surface area (Å²) in [4.78, 5) is 10.9.